The Hall–Kier alpha value is -1.89. The summed E-state index contributed by atoms with van der Waals surface area (Å²) in [5, 5.41) is 8.85. The van der Waals surface area contributed by atoms with Crippen molar-refractivity contribution in [3.05, 3.63) is 40.3 Å². The Morgan fingerprint density at radius 3 is 2.89 bits per heavy atom. The van der Waals surface area contributed by atoms with Crippen LogP contribution in [0.25, 0.3) is 0 Å². The predicted molar refractivity (Wildman–Crippen MR) is 72.5 cm³/mol. The number of aryl methyl sites for hydroxylation is 1. The maximum Gasteiger partial charge on any atom is 0.244 e. The number of aromatic nitrogens is 1. The molecule has 2 N–H and O–H groups in total. The van der Waals surface area contributed by atoms with E-state index in [-0.39, 0.29) is 18.1 Å². The highest BCUT2D eigenvalue weighted by Crippen LogP contribution is 2.19. The number of anilines is 2. The Bertz CT molecular complexity index is 600. The number of hydrogen-bond acceptors (Lipinski definition) is 4. The average Bonchev–Trinajstić information content (AvgIpc) is 2.73. The summed E-state index contributed by atoms with van der Waals surface area (Å²) in [6.07, 6.45) is 0. The van der Waals surface area contributed by atoms with E-state index < -0.39 is 5.82 Å². The highest BCUT2D eigenvalue weighted by Gasteiger charge is 2.08. The van der Waals surface area contributed by atoms with E-state index in [1.165, 1.54) is 6.07 Å². The van der Waals surface area contributed by atoms with Gasteiger partial charge in [0, 0.05) is 10.5 Å². The van der Waals surface area contributed by atoms with E-state index in [1.54, 1.807) is 25.1 Å². The minimum Gasteiger partial charge on any atom is -0.374 e. The van der Waals surface area contributed by atoms with Crippen LogP contribution in [0.4, 0.5) is 15.9 Å². The molecule has 0 aliphatic rings. The average molecular weight is 328 g/mol. The van der Waals surface area contributed by atoms with Crippen LogP contribution in [0.5, 0.6) is 0 Å². The molecule has 1 amide bonds. The Morgan fingerprint density at radius 1 is 1.47 bits per heavy atom. The summed E-state index contributed by atoms with van der Waals surface area (Å²) in [6, 6.07) is 6.15. The topological polar surface area (TPSA) is 67.2 Å². The highest BCUT2D eigenvalue weighted by atomic mass is 79.9. The number of benzene rings is 1. The number of hydrogen-bond donors (Lipinski definition) is 2. The number of amides is 1. The summed E-state index contributed by atoms with van der Waals surface area (Å²) < 4.78 is 18.9. The molecule has 1 heterocycles. The van der Waals surface area contributed by atoms with Crippen molar-refractivity contribution in [1.82, 2.24) is 5.16 Å². The number of nitrogens with one attached hydrogen (secondary N) is 2. The predicted octanol–water partition coefficient (Wildman–Crippen LogP) is 2.94. The van der Waals surface area contributed by atoms with Gasteiger partial charge in [-0.2, -0.15) is 0 Å². The number of nitrogens with zero attached hydrogens (tertiary/aromatic N) is 1. The lowest BCUT2D eigenvalue weighted by molar-refractivity contribution is -0.114. The molecule has 0 atom stereocenters. The van der Waals surface area contributed by atoms with E-state index in [2.05, 4.69) is 31.7 Å². The monoisotopic (exact) mass is 327 g/mol. The van der Waals surface area contributed by atoms with Crippen LogP contribution in [0.15, 0.2) is 33.3 Å². The van der Waals surface area contributed by atoms with Crippen molar-refractivity contribution in [1.29, 1.82) is 0 Å². The number of rotatable bonds is 4. The molecule has 5 nitrogen and oxygen atoms in total. The van der Waals surface area contributed by atoms with Gasteiger partial charge in [0.1, 0.15) is 11.6 Å². The first-order valence-corrected chi connectivity index (χ1v) is 6.26. The fourth-order valence-corrected chi connectivity index (χ4v) is 1.75. The van der Waals surface area contributed by atoms with Gasteiger partial charge in [0.05, 0.1) is 12.2 Å². The quantitative estimate of drug-likeness (QED) is 0.906. The first kappa shape index (κ1) is 13.5. The third-order valence-electron chi connectivity index (χ3n) is 2.27. The zero-order chi connectivity index (χ0) is 13.8. The van der Waals surface area contributed by atoms with Gasteiger partial charge in [0.15, 0.2) is 5.82 Å². The number of carbonyl (C=O) groups is 1. The molecule has 0 spiro atoms. The Kier molecular flexibility index (Phi) is 4.16. The summed E-state index contributed by atoms with van der Waals surface area (Å²) in [6.45, 7) is 1.66. The molecule has 0 radical (unpaired) electrons. The zero-order valence-corrected chi connectivity index (χ0v) is 11.6. The molecule has 1 aromatic heterocycles. The van der Waals surface area contributed by atoms with Crippen LogP contribution in [0.2, 0.25) is 0 Å². The summed E-state index contributed by atoms with van der Waals surface area (Å²) >= 11 is 3.16. The minimum atomic E-state index is -0.431. The van der Waals surface area contributed by atoms with Gasteiger partial charge in [-0.1, -0.05) is 21.1 Å². The second-order valence-electron chi connectivity index (χ2n) is 3.85. The number of carbonyl (C=O) groups excluding carboxylic acids is 1. The van der Waals surface area contributed by atoms with Gasteiger partial charge >= 0.3 is 0 Å². The molecular formula is C12H11BrFN3O2. The highest BCUT2D eigenvalue weighted by molar-refractivity contribution is 9.10. The first-order chi connectivity index (χ1) is 9.04. The molecule has 0 bridgehead atoms. The lowest BCUT2D eigenvalue weighted by atomic mass is 10.3. The molecule has 0 aliphatic carbocycles. The van der Waals surface area contributed by atoms with Gasteiger partial charge in [-0.3, -0.25) is 4.79 Å². The van der Waals surface area contributed by atoms with Crippen LogP contribution in [0.3, 0.4) is 0 Å². The van der Waals surface area contributed by atoms with Crippen molar-refractivity contribution in [3.8, 4) is 0 Å². The third kappa shape index (κ3) is 3.78. The van der Waals surface area contributed by atoms with Crippen molar-refractivity contribution in [3.63, 3.8) is 0 Å². The van der Waals surface area contributed by atoms with Gasteiger partial charge < -0.3 is 15.2 Å². The van der Waals surface area contributed by atoms with Gasteiger partial charge in [-0.05, 0) is 25.1 Å². The van der Waals surface area contributed by atoms with E-state index >= 15 is 0 Å². The fourth-order valence-electron chi connectivity index (χ4n) is 1.42. The first-order valence-electron chi connectivity index (χ1n) is 5.46. The molecule has 2 aromatic rings. The summed E-state index contributed by atoms with van der Waals surface area (Å²) in [7, 11) is 0. The smallest absolute Gasteiger partial charge is 0.244 e. The van der Waals surface area contributed by atoms with Crippen LogP contribution in [-0.2, 0) is 4.79 Å². The Labute approximate surface area is 117 Å². The maximum absolute atomic E-state index is 13.5. The molecule has 7 heteroatoms. The molecular weight excluding hydrogens is 317 g/mol. The molecule has 0 aliphatic heterocycles. The van der Waals surface area contributed by atoms with Crippen molar-refractivity contribution in [2.45, 2.75) is 6.92 Å². The molecule has 19 heavy (non-hydrogen) atoms. The molecule has 2 rings (SSSR count). The van der Waals surface area contributed by atoms with Gasteiger partial charge in [0.2, 0.25) is 5.91 Å². The van der Waals surface area contributed by atoms with Crippen LogP contribution in [0, 0.1) is 12.7 Å². The normalized spacial score (nSPS) is 10.3. The van der Waals surface area contributed by atoms with Gasteiger partial charge in [-0.25, -0.2) is 4.39 Å². The molecule has 0 unspecified atom stereocenters. The van der Waals surface area contributed by atoms with E-state index in [1.807, 2.05) is 0 Å². The standard InChI is InChI=1S/C12H11BrFN3O2/c1-7-4-11(17-19-7)16-12(18)6-15-10-3-2-8(13)5-9(10)14/h2-5,15H,6H2,1H3,(H,16,17,18). The van der Waals surface area contributed by atoms with E-state index in [9.17, 15) is 9.18 Å². The van der Waals surface area contributed by atoms with Crippen LogP contribution >= 0.6 is 15.9 Å². The molecule has 100 valence electrons. The lowest BCUT2D eigenvalue weighted by Crippen LogP contribution is -2.22. The van der Waals surface area contributed by atoms with E-state index in [0.29, 0.717) is 16.1 Å². The van der Waals surface area contributed by atoms with Crippen LogP contribution < -0.4 is 10.6 Å². The van der Waals surface area contributed by atoms with Crippen molar-refractivity contribution < 1.29 is 13.7 Å². The summed E-state index contributed by atoms with van der Waals surface area (Å²) in [5.41, 5.74) is 0.259. The minimum absolute atomic E-state index is 0.0650. The van der Waals surface area contributed by atoms with Gasteiger partial charge in [-0.15, -0.1) is 0 Å². The lowest BCUT2D eigenvalue weighted by Gasteiger charge is -2.07. The van der Waals surface area contributed by atoms with E-state index in [0.717, 1.165) is 0 Å². The largest absolute Gasteiger partial charge is 0.374 e. The fraction of sp³-hybridized carbons (Fsp3) is 0.167. The zero-order valence-electron chi connectivity index (χ0n) is 10.0. The third-order valence-corrected chi connectivity index (χ3v) is 2.76. The van der Waals surface area contributed by atoms with Crippen molar-refractivity contribution in [2.75, 3.05) is 17.2 Å². The van der Waals surface area contributed by atoms with E-state index in [4.69, 9.17) is 4.52 Å². The van der Waals surface area contributed by atoms with Crippen LogP contribution in [-0.4, -0.2) is 17.6 Å². The maximum atomic E-state index is 13.5. The second kappa shape index (κ2) is 5.83. The van der Waals surface area contributed by atoms with Gasteiger partial charge in [0.25, 0.3) is 0 Å². The second-order valence-corrected chi connectivity index (χ2v) is 4.76. The number of halogens is 2. The summed E-state index contributed by atoms with van der Waals surface area (Å²) in [5.74, 6) is 0.165. The molecule has 1 aromatic carbocycles. The SMILES string of the molecule is Cc1cc(NC(=O)CNc2ccc(Br)cc2F)no1. The molecule has 0 saturated carbocycles. The Morgan fingerprint density at radius 2 is 2.26 bits per heavy atom. The summed E-state index contributed by atoms with van der Waals surface area (Å²) in [4.78, 5) is 11.6. The Balaban J connectivity index is 1.89. The molecule has 0 saturated heterocycles. The van der Waals surface area contributed by atoms with Crippen molar-refractivity contribution in [2.24, 2.45) is 0 Å². The molecule has 0 fully saturated rings. The van der Waals surface area contributed by atoms with Crippen molar-refractivity contribution >= 4 is 33.3 Å². The van der Waals surface area contributed by atoms with Crippen LogP contribution in [0.1, 0.15) is 5.76 Å².